The van der Waals surface area contributed by atoms with E-state index in [9.17, 15) is 17.6 Å². The number of nitrogens with one attached hydrogen (secondary N) is 2. The quantitative estimate of drug-likeness (QED) is 0.505. The molecule has 0 aliphatic carbocycles. The van der Waals surface area contributed by atoms with Crippen molar-refractivity contribution in [2.75, 3.05) is 5.32 Å². The molecule has 2 aromatic carbocycles. The third-order valence-electron chi connectivity index (χ3n) is 4.15. The molecule has 1 heterocycles. The fourth-order valence-corrected chi connectivity index (χ4v) is 5.85. The van der Waals surface area contributed by atoms with Crippen molar-refractivity contribution in [1.29, 1.82) is 0 Å². The van der Waals surface area contributed by atoms with Crippen molar-refractivity contribution in [1.82, 2.24) is 4.72 Å². The summed E-state index contributed by atoms with van der Waals surface area (Å²) in [5, 5.41) is 2.60. The Morgan fingerprint density at radius 2 is 1.86 bits per heavy atom. The first-order valence-electron chi connectivity index (χ1n) is 8.63. The third-order valence-corrected chi connectivity index (χ3v) is 7.74. The predicted octanol–water partition coefficient (Wildman–Crippen LogP) is 4.49. The molecule has 3 rings (SSSR count). The van der Waals surface area contributed by atoms with Crippen LogP contribution < -0.4 is 10.0 Å². The van der Waals surface area contributed by atoms with Crippen LogP contribution in [0.4, 0.5) is 10.1 Å². The lowest BCUT2D eigenvalue weighted by molar-refractivity contribution is -0.117. The van der Waals surface area contributed by atoms with E-state index >= 15 is 0 Å². The highest BCUT2D eigenvalue weighted by Gasteiger charge is 2.27. The fraction of sp³-hybridized carbons (Fsp3) is 0.150. The molecule has 0 fully saturated rings. The van der Waals surface area contributed by atoms with Crippen LogP contribution in [-0.4, -0.2) is 20.4 Å². The molecule has 0 saturated carbocycles. The zero-order valence-corrected chi connectivity index (χ0v) is 18.6. The van der Waals surface area contributed by atoms with Gasteiger partial charge in [-0.15, -0.1) is 11.3 Å². The van der Waals surface area contributed by atoms with Crippen LogP contribution in [0.1, 0.15) is 11.1 Å². The molecule has 0 saturated heterocycles. The number of rotatable bonds is 7. The normalized spacial score (nSPS) is 12.5. The van der Waals surface area contributed by atoms with Gasteiger partial charge in [0.2, 0.25) is 5.91 Å². The minimum absolute atomic E-state index is 0.0941. The fourth-order valence-electron chi connectivity index (χ4n) is 2.63. The van der Waals surface area contributed by atoms with Crippen LogP contribution in [0.2, 0.25) is 0 Å². The molecule has 0 spiro atoms. The Morgan fingerprint density at radius 3 is 2.48 bits per heavy atom. The van der Waals surface area contributed by atoms with E-state index < -0.39 is 27.8 Å². The lowest BCUT2D eigenvalue weighted by Crippen LogP contribution is -2.45. The Labute approximate surface area is 181 Å². The van der Waals surface area contributed by atoms with Crippen LogP contribution in [0.5, 0.6) is 0 Å². The van der Waals surface area contributed by atoms with E-state index in [1.807, 2.05) is 30.3 Å². The monoisotopic (exact) mass is 496 g/mol. The molecule has 0 aliphatic heterocycles. The molecular formula is C20H18BrFN2O3S2. The topological polar surface area (TPSA) is 75.3 Å². The summed E-state index contributed by atoms with van der Waals surface area (Å²) in [5.41, 5.74) is 1.50. The zero-order valence-electron chi connectivity index (χ0n) is 15.4. The molecule has 1 unspecified atom stereocenters. The number of carbonyl (C=O) groups excluding carboxylic acids is 1. The Bertz CT molecular complexity index is 1120. The number of amides is 1. The molecule has 9 heteroatoms. The number of anilines is 1. The maximum atomic E-state index is 13.8. The molecule has 152 valence electrons. The first-order chi connectivity index (χ1) is 13.7. The highest BCUT2D eigenvalue weighted by molar-refractivity contribution is 9.11. The molecule has 0 bridgehead atoms. The highest BCUT2D eigenvalue weighted by atomic mass is 79.9. The second-order valence-electron chi connectivity index (χ2n) is 6.38. The Kier molecular flexibility index (Phi) is 6.84. The first-order valence-corrected chi connectivity index (χ1v) is 11.7. The summed E-state index contributed by atoms with van der Waals surface area (Å²) < 4.78 is 42.5. The average Bonchev–Trinajstić information content (AvgIpc) is 3.12. The summed E-state index contributed by atoms with van der Waals surface area (Å²) in [6.45, 7) is 1.62. The van der Waals surface area contributed by atoms with Gasteiger partial charge >= 0.3 is 0 Å². The number of sulfonamides is 1. The van der Waals surface area contributed by atoms with Crippen LogP contribution in [0, 0.1) is 12.7 Å². The minimum atomic E-state index is -3.91. The second kappa shape index (κ2) is 9.17. The molecule has 1 atom stereocenters. The van der Waals surface area contributed by atoms with E-state index in [0.29, 0.717) is 9.35 Å². The van der Waals surface area contributed by atoms with Crippen molar-refractivity contribution >= 4 is 48.9 Å². The summed E-state index contributed by atoms with van der Waals surface area (Å²) in [6, 6.07) is 15.4. The summed E-state index contributed by atoms with van der Waals surface area (Å²) in [7, 11) is -3.91. The number of benzene rings is 2. The Hall–Kier alpha value is -2.07. The maximum Gasteiger partial charge on any atom is 0.250 e. The van der Waals surface area contributed by atoms with Gasteiger partial charge in [-0.05, 0) is 64.7 Å². The lowest BCUT2D eigenvalue weighted by atomic mass is 10.1. The number of carbonyl (C=O) groups is 1. The van der Waals surface area contributed by atoms with Gasteiger partial charge in [0, 0.05) is 5.69 Å². The van der Waals surface area contributed by atoms with Gasteiger partial charge in [-0.25, -0.2) is 12.8 Å². The van der Waals surface area contributed by atoms with E-state index in [1.165, 1.54) is 12.1 Å². The van der Waals surface area contributed by atoms with E-state index in [0.717, 1.165) is 16.9 Å². The smallest absolute Gasteiger partial charge is 0.250 e. The van der Waals surface area contributed by atoms with Crippen LogP contribution in [-0.2, 0) is 21.2 Å². The van der Waals surface area contributed by atoms with E-state index in [1.54, 1.807) is 25.1 Å². The van der Waals surface area contributed by atoms with Gasteiger partial charge in [-0.2, -0.15) is 4.72 Å². The first kappa shape index (κ1) is 21.6. The largest absolute Gasteiger partial charge is 0.325 e. The van der Waals surface area contributed by atoms with Crippen LogP contribution >= 0.6 is 27.3 Å². The summed E-state index contributed by atoms with van der Waals surface area (Å²) in [6.07, 6.45) is 0.146. The van der Waals surface area contributed by atoms with Crippen LogP contribution in [0.25, 0.3) is 0 Å². The Balaban J connectivity index is 1.85. The van der Waals surface area contributed by atoms with Crippen LogP contribution in [0.15, 0.2) is 68.7 Å². The molecule has 5 nitrogen and oxygen atoms in total. The summed E-state index contributed by atoms with van der Waals surface area (Å²) >= 11 is 4.29. The molecule has 0 aliphatic rings. The van der Waals surface area contributed by atoms with Gasteiger partial charge in [0.25, 0.3) is 10.0 Å². The number of hydrogen-bond acceptors (Lipinski definition) is 4. The number of thiophene rings is 1. The van der Waals surface area contributed by atoms with Gasteiger partial charge < -0.3 is 5.32 Å². The van der Waals surface area contributed by atoms with Crippen LogP contribution in [0.3, 0.4) is 0 Å². The second-order valence-corrected chi connectivity index (χ2v) is 10.8. The third kappa shape index (κ3) is 5.72. The van der Waals surface area contributed by atoms with Gasteiger partial charge in [0.15, 0.2) is 0 Å². The van der Waals surface area contributed by atoms with Gasteiger partial charge in [-0.1, -0.05) is 36.4 Å². The molecule has 29 heavy (non-hydrogen) atoms. The molecule has 3 aromatic rings. The van der Waals surface area contributed by atoms with Crippen molar-refractivity contribution < 1.29 is 17.6 Å². The van der Waals surface area contributed by atoms with Crippen molar-refractivity contribution in [2.24, 2.45) is 0 Å². The molecule has 0 radical (unpaired) electrons. The van der Waals surface area contributed by atoms with Gasteiger partial charge in [-0.3, -0.25) is 4.79 Å². The van der Waals surface area contributed by atoms with E-state index in [4.69, 9.17) is 0 Å². The highest BCUT2D eigenvalue weighted by Crippen LogP contribution is 2.26. The van der Waals surface area contributed by atoms with E-state index in [2.05, 4.69) is 26.0 Å². The van der Waals surface area contributed by atoms with Gasteiger partial charge in [0.1, 0.15) is 16.1 Å². The molecule has 1 amide bonds. The summed E-state index contributed by atoms with van der Waals surface area (Å²) in [5.74, 6) is -1.03. The molecule has 1 aromatic heterocycles. The van der Waals surface area contributed by atoms with Gasteiger partial charge in [0.05, 0.1) is 3.79 Å². The summed E-state index contributed by atoms with van der Waals surface area (Å²) in [4.78, 5) is 12.9. The predicted molar refractivity (Wildman–Crippen MR) is 116 cm³/mol. The van der Waals surface area contributed by atoms with Crippen molar-refractivity contribution in [3.8, 4) is 0 Å². The minimum Gasteiger partial charge on any atom is -0.325 e. The van der Waals surface area contributed by atoms with Crippen molar-refractivity contribution in [2.45, 2.75) is 23.6 Å². The maximum absolute atomic E-state index is 13.8. The lowest BCUT2D eigenvalue weighted by Gasteiger charge is -2.18. The number of halogens is 2. The Morgan fingerprint density at radius 1 is 1.14 bits per heavy atom. The number of aryl methyl sites for hydroxylation is 1. The zero-order chi connectivity index (χ0) is 21.0. The van der Waals surface area contributed by atoms with Crippen molar-refractivity contribution in [3.05, 3.63) is 81.4 Å². The molecular weight excluding hydrogens is 479 g/mol. The van der Waals surface area contributed by atoms with Crippen molar-refractivity contribution in [3.63, 3.8) is 0 Å². The molecule has 2 N–H and O–H groups in total. The SMILES string of the molecule is Cc1ccc(NC(=O)C(Cc2ccccc2)NS(=O)(=O)c2ccc(Br)s2)cc1F. The standard InChI is InChI=1S/C20H18BrFN2O3S2/c1-13-7-8-15(12-16(13)22)23-20(25)17(11-14-5-3-2-4-6-14)24-29(26,27)19-10-9-18(21)28-19/h2-10,12,17,24H,11H2,1H3,(H,23,25). The van der Waals surface area contributed by atoms with E-state index in [-0.39, 0.29) is 16.3 Å². The average molecular weight is 497 g/mol. The number of hydrogen-bond donors (Lipinski definition) is 2.